The molecule has 3 unspecified atom stereocenters. The molecule has 0 aliphatic rings. The maximum Gasteiger partial charge on any atom is 0.0106 e. The molecule has 0 bridgehead atoms. The highest BCUT2D eigenvalue weighted by molar-refractivity contribution is 5.17. The van der Waals surface area contributed by atoms with Gasteiger partial charge in [0.05, 0.1) is 0 Å². The molecule has 112 valence electrons. The number of benzene rings is 2. The maximum absolute atomic E-state index is 6.34. The number of hydrogen-bond donors (Lipinski definition) is 2. The van der Waals surface area contributed by atoms with Gasteiger partial charge in [0.1, 0.15) is 0 Å². The first-order valence-electron chi connectivity index (χ1n) is 7.74. The van der Waals surface area contributed by atoms with Crippen molar-refractivity contribution < 1.29 is 0 Å². The van der Waals surface area contributed by atoms with Crippen molar-refractivity contribution in [2.24, 2.45) is 17.4 Å². The van der Waals surface area contributed by atoms with Crippen LogP contribution in [0, 0.1) is 5.92 Å². The fourth-order valence-electron chi connectivity index (χ4n) is 2.74. The summed E-state index contributed by atoms with van der Waals surface area (Å²) in [5.41, 5.74) is 15.2. The van der Waals surface area contributed by atoms with Crippen LogP contribution in [0.5, 0.6) is 0 Å². The normalized spacial score (nSPS) is 15.4. The van der Waals surface area contributed by atoms with Gasteiger partial charge in [0.2, 0.25) is 0 Å². The Bertz CT molecular complexity index is 510. The molecule has 2 nitrogen and oxygen atoms in total. The molecule has 0 amide bonds. The fourth-order valence-corrected chi connectivity index (χ4v) is 2.74. The summed E-state index contributed by atoms with van der Waals surface area (Å²) in [7, 11) is 0. The molecule has 0 aromatic heterocycles. The van der Waals surface area contributed by atoms with E-state index in [1.54, 1.807) is 0 Å². The first kappa shape index (κ1) is 15.7. The van der Waals surface area contributed by atoms with Crippen LogP contribution < -0.4 is 11.5 Å². The molecule has 0 saturated carbocycles. The summed E-state index contributed by atoms with van der Waals surface area (Å²) in [5.74, 6) is 0.420. The van der Waals surface area contributed by atoms with Gasteiger partial charge in [-0.1, -0.05) is 67.6 Å². The molecule has 2 heteroatoms. The third kappa shape index (κ3) is 5.33. The first-order valence-corrected chi connectivity index (χ1v) is 7.74. The van der Waals surface area contributed by atoms with E-state index in [1.165, 1.54) is 11.1 Å². The number of hydrogen-bond acceptors (Lipinski definition) is 2. The zero-order valence-electron chi connectivity index (χ0n) is 12.8. The van der Waals surface area contributed by atoms with Crippen molar-refractivity contribution in [2.75, 3.05) is 0 Å². The molecule has 0 saturated heterocycles. The van der Waals surface area contributed by atoms with Crippen LogP contribution >= 0.6 is 0 Å². The average molecular weight is 282 g/mol. The summed E-state index contributed by atoms with van der Waals surface area (Å²) in [4.78, 5) is 0. The molecule has 2 aromatic rings. The summed E-state index contributed by atoms with van der Waals surface area (Å²) in [6.07, 6.45) is 2.80. The number of rotatable bonds is 7. The standard InChI is InChI=1S/C19H26N2/c1-15(19(21)14-17-10-6-3-7-11-17)12-18(20)13-16-8-4-2-5-9-16/h2-11,15,18-19H,12-14,20-21H2,1H3. The third-order valence-corrected chi connectivity index (χ3v) is 4.06. The molecular formula is C19H26N2. The van der Waals surface area contributed by atoms with Gasteiger partial charge in [-0.2, -0.15) is 0 Å². The van der Waals surface area contributed by atoms with Gasteiger partial charge in [-0.05, 0) is 36.3 Å². The van der Waals surface area contributed by atoms with Crippen molar-refractivity contribution in [1.82, 2.24) is 0 Å². The molecule has 0 fully saturated rings. The van der Waals surface area contributed by atoms with Crippen LogP contribution in [0.3, 0.4) is 0 Å². The van der Waals surface area contributed by atoms with Gasteiger partial charge in [-0.25, -0.2) is 0 Å². The highest BCUT2D eigenvalue weighted by Crippen LogP contribution is 2.15. The minimum Gasteiger partial charge on any atom is -0.327 e. The van der Waals surface area contributed by atoms with Gasteiger partial charge in [-0.3, -0.25) is 0 Å². The van der Waals surface area contributed by atoms with Gasteiger partial charge >= 0.3 is 0 Å². The van der Waals surface area contributed by atoms with E-state index in [9.17, 15) is 0 Å². The van der Waals surface area contributed by atoms with E-state index in [-0.39, 0.29) is 12.1 Å². The Labute approximate surface area is 128 Å². The van der Waals surface area contributed by atoms with Gasteiger partial charge < -0.3 is 11.5 Å². The number of nitrogens with two attached hydrogens (primary N) is 2. The van der Waals surface area contributed by atoms with E-state index in [2.05, 4.69) is 55.5 Å². The van der Waals surface area contributed by atoms with Crippen LogP contribution in [0.1, 0.15) is 24.5 Å². The SMILES string of the molecule is CC(CC(N)Cc1ccccc1)C(N)Cc1ccccc1. The van der Waals surface area contributed by atoms with Crippen LogP contribution in [0.4, 0.5) is 0 Å². The summed E-state index contributed by atoms with van der Waals surface area (Å²) in [5, 5.41) is 0. The quantitative estimate of drug-likeness (QED) is 0.819. The topological polar surface area (TPSA) is 52.0 Å². The van der Waals surface area contributed by atoms with E-state index >= 15 is 0 Å². The lowest BCUT2D eigenvalue weighted by Crippen LogP contribution is -2.36. The Morgan fingerprint density at radius 1 is 0.762 bits per heavy atom. The smallest absolute Gasteiger partial charge is 0.0106 e. The molecule has 0 aliphatic heterocycles. The van der Waals surface area contributed by atoms with Gasteiger partial charge in [-0.15, -0.1) is 0 Å². The van der Waals surface area contributed by atoms with Gasteiger partial charge in [0.25, 0.3) is 0 Å². The second kappa shape index (κ2) is 7.96. The molecule has 2 rings (SSSR count). The molecule has 0 radical (unpaired) electrons. The van der Waals surface area contributed by atoms with E-state index in [4.69, 9.17) is 11.5 Å². The maximum atomic E-state index is 6.34. The first-order chi connectivity index (χ1) is 10.1. The molecule has 21 heavy (non-hydrogen) atoms. The Morgan fingerprint density at radius 3 is 1.76 bits per heavy atom. The zero-order valence-corrected chi connectivity index (χ0v) is 12.8. The molecule has 2 aromatic carbocycles. The average Bonchev–Trinajstić information content (AvgIpc) is 2.49. The van der Waals surface area contributed by atoms with Crippen LogP contribution in [0.15, 0.2) is 60.7 Å². The zero-order chi connectivity index (χ0) is 15.1. The van der Waals surface area contributed by atoms with Crippen LogP contribution in [-0.4, -0.2) is 12.1 Å². The lowest BCUT2D eigenvalue weighted by Gasteiger charge is -2.23. The Morgan fingerprint density at radius 2 is 1.24 bits per heavy atom. The van der Waals surface area contributed by atoms with Crippen LogP contribution in [0.25, 0.3) is 0 Å². The van der Waals surface area contributed by atoms with Crippen molar-refractivity contribution in [2.45, 2.75) is 38.3 Å². The van der Waals surface area contributed by atoms with Gasteiger partial charge in [0, 0.05) is 12.1 Å². The third-order valence-electron chi connectivity index (χ3n) is 4.06. The second-order valence-electron chi connectivity index (χ2n) is 6.02. The fraction of sp³-hybridized carbons (Fsp3) is 0.368. The van der Waals surface area contributed by atoms with Crippen molar-refractivity contribution >= 4 is 0 Å². The molecule has 0 spiro atoms. The highest BCUT2D eigenvalue weighted by Gasteiger charge is 2.17. The molecule has 4 N–H and O–H groups in total. The monoisotopic (exact) mass is 282 g/mol. The van der Waals surface area contributed by atoms with E-state index in [0.717, 1.165) is 19.3 Å². The Kier molecular flexibility index (Phi) is 5.97. The summed E-state index contributed by atoms with van der Waals surface area (Å²) < 4.78 is 0. The van der Waals surface area contributed by atoms with E-state index in [0.29, 0.717) is 5.92 Å². The molecule has 0 aliphatic carbocycles. The lowest BCUT2D eigenvalue weighted by atomic mass is 9.89. The minimum atomic E-state index is 0.161. The largest absolute Gasteiger partial charge is 0.327 e. The second-order valence-corrected chi connectivity index (χ2v) is 6.02. The summed E-state index contributed by atoms with van der Waals surface area (Å²) >= 11 is 0. The van der Waals surface area contributed by atoms with Crippen molar-refractivity contribution in [1.29, 1.82) is 0 Å². The van der Waals surface area contributed by atoms with Crippen LogP contribution in [-0.2, 0) is 12.8 Å². The molecule has 0 heterocycles. The Hall–Kier alpha value is -1.64. The molecule has 3 atom stereocenters. The van der Waals surface area contributed by atoms with E-state index < -0.39 is 0 Å². The van der Waals surface area contributed by atoms with Crippen molar-refractivity contribution in [3.05, 3.63) is 71.8 Å². The van der Waals surface area contributed by atoms with Crippen molar-refractivity contribution in [3.63, 3.8) is 0 Å². The van der Waals surface area contributed by atoms with Gasteiger partial charge in [0.15, 0.2) is 0 Å². The summed E-state index contributed by atoms with van der Waals surface area (Å²) in [6, 6.07) is 21.2. The van der Waals surface area contributed by atoms with Crippen LogP contribution in [0.2, 0.25) is 0 Å². The lowest BCUT2D eigenvalue weighted by molar-refractivity contribution is 0.386. The summed E-state index contributed by atoms with van der Waals surface area (Å²) in [6.45, 7) is 2.21. The van der Waals surface area contributed by atoms with Crippen molar-refractivity contribution in [3.8, 4) is 0 Å². The highest BCUT2D eigenvalue weighted by atomic mass is 14.7. The predicted octanol–water partition coefficient (Wildman–Crippen LogP) is 3.15. The Balaban J connectivity index is 1.81. The minimum absolute atomic E-state index is 0.161. The van der Waals surface area contributed by atoms with E-state index in [1.807, 2.05) is 12.1 Å². The predicted molar refractivity (Wildman–Crippen MR) is 90.0 cm³/mol. The molecular weight excluding hydrogens is 256 g/mol.